The Labute approximate surface area is 177 Å². The second kappa shape index (κ2) is 16.0. The molecule has 0 atom stereocenters. The number of quaternary nitrogens is 1. The largest absolute Gasteiger partial charge is 0.325 e. The van der Waals surface area contributed by atoms with Crippen LogP contribution in [0.1, 0.15) is 115 Å². The molecule has 1 rings (SSSR count). The number of aryl methyl sites for hydroxylation is 1. The molecule has 0 amide bonds. The van der Waals surface area contributed by atoms with Gasteiger partial charge in [0.05, 0.1) is 20.6 Å². The Morgan fingerprint density at radius 2 is 0.929 bits per heavy atom. The van der Waals surface area contributed by atoms with Crippen LogP contribution in [0.4, 0.5) is 0 Å². The van der Waals surface area contributed by atoms with E-state index in [0.29, 0.717) is 0 Å². The summed E-state index contributed by atoms with van der Waals surface area (Å²) in [5.41, 5.74) is 2.92. The first-order chi connectivity index (χ1) is 13.6. The molecule has 0 saturated heterocycles. The van der Waals surface area contributed by atoms with E-state index in [2.05, 4.69) is 52.2 Å². The van der Waals surface area contributed by atoms with Gasteiger partial charge in [0.1, 0.15) is 6.54 Å². The molecule has 0 heterocycles. The van der Waals surface area contributed by atoms with E-state index >= 15 is 0 Å². The van der Waals surface area contributed by atoms with Gasteiger partial charge in [0, 0.05) is 5.56 Å². The lowest BCUT2D eigenvalue weighted by Crippen LogP contribution is -2.39. The smallest absolute Gasteiger partial charge is 0.104 e. The highest BCUT2D eigenvalue weighted by Crippen LogP contribution is 2.15. The van der Waals surface area contributed by atoms with Crippen LogP contribution in [-0.4, -0.2) is 25.1 Å². The second-order valence-corrected chi connectivity index (χ2v) is 9.58. The van der Waals surface area contributed by atoms with Crippen molar-refractivity contribution in [3.8, 4) is 0 Å². The lowest BCUT2D eigenvalue weighted by atomic mass is 10.0. The Balaban J connectivity index is 1.94. The summed E-state index contributed by atoms with van der Waals surface area (Å²) in [5.74, 6) is 0. The highest BCUT2D eigenvalue weighted by molar-refractivity contribution is 5.21. The molecule has 1 heteroatoms. The molecular weight excluding hydrogens is 338 g/mol. The van der Waals surface area contributed by atoms with Crippen LogP contribution in [0.25, 0.3) is 0 Å². The predicted octanol–water partition coefficient (Wildman–Crippen LogP) is 8.31. The standard InChI is InChI=1S/C27H50N/c1-5-7-8-9-10-11-12-13-14-15-16-17-18-19-24-28(3,4)25-27-22-20-26(6-2)21-23-27/h20-23H,5-19,24-25H2,1-4H3/q+1. The molecule has 0 fully saturated rings. The number of rotatable bonds is 18. The molecule has 0 aromatic heterocycles. The van der Waals surface area contributed by atoms with Crippen LogP contribution in [0.15, 0.2) is 24.3 Å². The van der Waals surface area contributed by atoms with Crippen LogP contribution >= 0.6 is 0 Å². The van der Waals surface area contributed by atoms with Gasteiger partial charge in [0.2, 0.25) is 0 Å². The summed E-state index contributed by atoms with van der Waals surface area (Å²) in [5, 5.41) is 0. The van der Waals surface area contributed by atoms with Crippen LogP contribution in [0.3, 0.4) is 0 Å². The molecule has 0 radical (unpaired) electrons. The monoisotopic (exact) mass is 388 g/mol. The third-order valence-electron chi connectivity index (χ3n) is 6.16. The molecule has 0 aliphatic carbocycles. The molecule has 0 N–H and O–H groups in total. The van der Waals surface area contributed by atoms with Gasteiger partial charge in [0.15, 0.2) is 0 Å². The summed E-state index contributed by atoms with van der Waals surface area (Å²) in [6, 6.07) is 9.23. The SMILES string of the molecule is CCCCCCCCCCCCCCCC[N+](C)(C)Cc1ccc(CC)cc1. The average Bonchev–Trinajstić information content (AvgIpc) is 2.68. The molecule has 1 aromatic rings. The summed E-state index contributed by atoms with van der Waals surface area (Å²) >= 11 is 0. The minimum Gasteiger partial charge on any atom is -0.325 e. The zero-order valence-corrected chi connectivity index (χ0v) is 19.8. The molecule has 0 saturated carbocycles. The fourth-order valence-electron chi connectivity index (χ4n) is 4.19. The molecule has 1 aromatic carbocycles. The van der Waals surface area contributed by atoms with Gasteiger partial charge >= 0.3 is 0 Å². The second-order valence-electron chi connectivity index (χ2n) is 9.58. The normalized spacial score (nSPS) is 11.9. The van der Waals surface area contributed by atoms with Crippen molar-refractivity contribution in [3.63, 3.8) is 0 Å². The first-order valence-corrected chi connectivity index (χ1v) is 12.5. The zero-order chi connectivity index (χ0) is 20.5. The number of hydrogen-bond acceptors (Lipinski definition) is 0. The topological polar surface area (TPSA) is 0 Å². The fraction of sp³-hybridized carbons (Fsp3) is 0.778. The van der Waals surface area contributed by atoms with Crippen molar-refractivity contribution in [1.82, 2.24) is 0 Å². The maximum Gasteiger partial charge on any atom is 0.104 e. The van der Waals surface area contributed by atoms with Crippen molar-refractivity contribution in [3.05, 3.63) is 35.4 Å². The Bertz CT molecular complexity index is 460. The first kappa shape index (κ1) is 25.2. The minimum absolute atomic E-state index is 1.11. The zero-order valence-electron chi connectivity index (χ0n) is 19.8. The summed E-state index contributed by atoms with van der Waals surface area (Å²) in [4.78, 5) is 0. The highest BCUT2D eigenvalue weighted by Gasteiger charge is 2.15. The van der Waals surface area contributed by atoms with E-state index < -0.39 is 0 Å². The quantitative estimate of drug-likeness (QED) is 0.175. The highest BCUT2D eigenvalue weighted by atomic mass is 15.3. The van der Waals surface area contributed by atoms with Crippen LogP contribution < -0.4 is 0 Å². The Morgan fingerprint density at radius 1 is 0.536 bits per heavy atom. The van der Waals surface area contributed by atoms with Gasteiger partial charge in [-0.1, -0.05) is 115 Å². The van der Waals surface area contributed by atoms with Gasteiger partial charge in [-0.25, -0.2) is 0 Å². The van der Waals surface area contributed by atoms with Crippen LogP contribution in [0.5, 0.6) is 0 Å². The molecule has 0 aliphatic rings. The number of hydrogen-bond donors (Lipinski definition) is 0. The minimum atomic E-state index is 1.11. The van der Waals surface area contributed by atoms with Gasteiger partial charge in [-0.05, 0) is 24.8 Å². The number of unbranched alkanes of at least 4 members (excludes halogenated alkanes) is 13. The molecule has 162 valence electrons. The van der Waals surface area contributed by atoms with E-state index in [4.69, 9.17) is 0 Å². The number of benzene rings is 1. The van der Waals surface area contributed by atoms with Crippen molar-refractivity contribution in [2.24, 2.45) is 0 Å². The van der Waals surface area contributed by atoms with Gasteiger partial charge in [-0.2, -0.15) is 0 Å². The Kier molecular flexibility index (Phi) is 14.4. The van der Waals surface area contributed by atoms with Crippen LogP contribution in [0, 0.1) is 0 Å². The van der Waals surface area contributed by atoms with E-state index in [-0.39, 0.29) is 0 Å². The Morgan fingerprint density at radius 3 is 1.36 bits per heavy atom. The molecular formula is C27H50N+. The third kappa shape index (κ3) is 13.4. The lowest BCUT2D eigenvalue weighted by Gasteiger charge is -2.30. The van der Waals surface area contributed by atoms with Crippen molar-refractivity contribution in [1.29, 1.82) is 0 Å². The average molecular weight is 389 g/mol. The maximum absolute atomic E-state index is 2.38. The van der Waals surface area contributed by atoms with E-state index in [1.165, 1.54) is 108 Å². The Hall–Kier alpha value is -0.820. The lowest BCUT2D eigenvalue weighted by molar-refractivity contribution is -0.903. The van der Waals surface area contributed by atoms with E-state index in [1.807, 2.05) is 0 Å². The summed E-state index contributed by atoms with van der Waals surface area (Å²) in [7, 11) is 4.77. The van der Waals surface area contributed by atoms with Crippen LogP contribution in [-0.2, 0) is 13.0 Å². The first-order valence-electron chi connectivity index (χ1n) is 12.5. The maximum atomic E-state index is 2.38. The van der Waals surface area contributed by atoms with Crippen molar-refractivity contribution in [2.45, 2.75) is 117 Å². The van der Waals surface area contributed by atoms with Crippen molar-refractivity contribution < 1.29 is 4.48 Å². The van der Waals surface area contributed by atoms with Crippen LogP contribution in [0.2, 0.25) is 0 Å². The summed E-state index contributed by atoms with van der Waals surface area (Å²) in [6.07, 6.45) is 21.3. The molecule has 0 spiro atoms. The third-order valence-corrected chi connectivity index (χ3v) is 6.16. The van der Waals surface area contributed by atoms with Crippen molar-refractivity contribution in [2.75, 3.05) is 20.6 Å². The fourth-order valence-corrected chi connectivity index (χ4v) is 4.19. The van der Waals surface area contributed by atoms with Gasteiger partial charge in [-0.15, -0.1) is 0 Å². The number of nitrogens with zero attached hydrogens (tertiary/aromatic N) is 1. The summed E-state index contributed by atoms with van der Waals surface area (Å²) < 4.78 is 1.11. The van der Waals surface area contributed by atoms with E-state index in [1.54, 1.807) is 0 Å². The van der Waals surface area contributed by atoms with Gasteiger partial charge in [-0.3, -0.25) is 0 Å². The van der Waals surface area contributed by atoms with Gasteiger partial charge < -0.3 is 4.48 Å². The summed E-state index contributed by atoms with van der Waals surface area (Å²) in [6.45, 7) is 6.98. The van der Waals surface area contributed by atoms with Gasteiger partial charge in [0.25, 0.3) is 0 Å². The molecule has 0 aliphatic heterocycles. The molecule has 0 bridgehead atoms. The van der Waals surface area contributed by atoms with Crippen molar-refractivity contribution >= 4 is 0 Å². The predicted molar refractivity (Wildman–Crippen MR) is 127 cm³/mol. The molecule has 0 unspecified atom stereocenters. The molecule has 28 heavy (non-hydrogen) atoms. The molecule has 1 nitrogen and oxygen atoms in total. The van der Waals surface area contributed by atoms with E-state index in [0.717, 1.165) is 17.4 Å². The van der Waals surface area contributed by atoms with E-state index in [9.17, 15) is 0 Å².